The van der Waals surface area contributed by atoms with Crippen molar-refractivity contribution in [2.45, 2.75) is 19.8 Å². The van der Waals surface area contributed by atoms with Crippen molar-refractivity contribution < 1.29 is 4.79 Å². The third-order valence-electron chi connectivity index (χ3n) is 2.94. The van der Waals surface area contributed by atoms with Gasteiger partial charge < -0.3 is 11.1 Å². The van der Waals surface area contributed by atoms with Gasteiger partial charge in [0.1, 0.15) is 4.88 Å². The molecular formula is C15H16N2OS. The zero-order chi connectivity index (χ0) is 13.8. The lowest BCUT2D eigenvalue weighted by Crippen LogP contribution is -2.24. The highest BCUT2D eigenvalue weighted by Gasteiger charge is 2.16. The summed E-state index contributed by atoms with van der Waals surface area (Å²) >= 11 is 1.45. The van der Waals surface area contributed by atoms with Gasteiger partial charge in [-0.25, -0.2) is 0 Å². The molecule has 0 fully saturated rings. The molecule has 0 spiro atoms. The van der Waals surface area contributed by atoms with Crippen molar-refractivity contribution in [2.75, 3.05) is 12.3 Å². The molecule has 0 aliphatic carbocycles. The molecule has 0 saturated heterocycles. The SMILES string of the molecule is C#CCCCNC(=O)c1sc2c(C)cccc2c1N. The number of carbonyl (C=O) groups is 1. The monoisotopic (exact) mass is 272 g/mol. The van der Waals surface area contributed by atoms with E-state index < -0.39 is 0 Å². The molecule has 1 aromatic heterocycles. The summed E-state index contributed by atoms with van der Waals surface area (Å²) in [7, 11) is 0. The average Bonchev–Trinajstić information content (AvgIpc) is 2.74. The third kappa shape index (κ3) is 2.72. The van der Waals surface area contributed by atoms with Gasteiger partial charge in [0, 0.05) is 23.1 Å². The van der Waals surface area contributed by atoms with Crippen molar-refractivity contribution in [3.8, 4) is 12.3 Å². The van der Waals surface area contributed by atoms with E-state index >= 15 is 0 Å². The van der Waals surface area contributed by atoms with Gasteiger partial charge in [-0.3, -0.25) is 4.79 Å². The first-order valence-electron chi connectivity index (χ1n) is 6.14. The van der Waals surface area contributed by atoms with Gasteiger partial charge in [-0.05, 0) is 18.9 Å². The van der Waals surface area contributed by atoms with Crippen LogP contribution in [0.25, 0.3) is 10.1 Å². The summed E-state index contributed by atoms with van der Waals surface area (Å²) in [5.74, 6) is 2.43. The number of fused-ring (bicyclic) bond motifs is 1. The summed E-state index contributed by atoms with van der Waals surface area (Å²) in [6.07, 6.45) is 6.62. The second-order valence-electron chi connectivity index (χ2n) is 4.36. The topological polar surface area (TPSA) is 55.1 Å². The summed E-state index contributed by atoms with van der Waals surface area (Å²) < 4.78 is 1.08. The largest absolute Gasteiger partial charge is 0.397 e. The molecule has 4 heteroatoms. The fourth-order valence-electron chi connectivity index (χ4n) is 1.92. The van der Waals surface area contributed by atoms with Crippen molar-refractivity contribution in [2.24, 2.45) is 0 Å². The second-order valence-corrected chi connectivity index (χ2v) is 5.38. The Morgan fingerprint density at radius 3 is 3.00 bits per heavy atom. The fourth-order valence-corrected chi connectivity index (χ4v) is 3.03. The Balaban J connectivity index is 2.21. The first kappa shape index (κ1) is 13.4. The van der Waals surface area contributed by atoms with Crippen LogP contribution in [0.1, 0.15) is 28.1 Å². The summed E-state index contributed by atoms with van der Waals surface area (Å²) in [6, 6.07) is 5.92. The number of aryl methyl sites for hydroxylation is 1. The molecule has 2 aromatic rings. The minimum atomic E-state index is -0.116. The summed E-state index contributed by atoms with van der Waals surface area (Å²) in [5.41, 5.74) is 7.76. The Bertz CT molecular complexity index is 652. The zero-order valence-electron chi connectivity index (χ0n) is 10.8. The van der Waals surface area contributed by atoms with Crippen LogP contribution in [0.2, 0.25) is 0 Å². The molecule has 19 heavy (non-hydrogen) atoms. The molecule has 0 saturated carbocycles. The van der Waals surface area contributed by atoms with Crippen LogP contribution in [0.3, 0.4) is 0 Å². The number of nitrogens with one attached hydrogen (secondary N) is 1. The molecule has 0 atom stereocenters. The Kier molecular flexibility index (Phi) is 4.08. The number of benzene rings is 1. The Hall–Kier alpha value is -1.99. The van der Waals surface area contributed by atoms with E-state index in [9.17, 15) is 4.79 Å². The highest BCUT2D eigenvalue weighted by molar-refractivity contribution is 7.21. The van der Waals surface area contributed by atoms with Crippen molar-refractivity contribution in [3.05, 3.63) is 28.6 Å². The lowest BCUT2D eigenvalue weighted by atomic mass is 10.1. The molecule has 1 heterocycles. The van der Waals surface area contributed by atoms with Crippen LogP contribution < -0.4 is 11.1 Å². The molecule has 2 rings (SSSR count). The molecule has 98 valence electrons. The van der Waals surface area contributed by atoms with Crippen molar-refractivity contribution >= 4 is 33.0 Å². The minimum absolute atomic E-state index is 0.116. The van der Waals surface area contributed by atoms with Gasteiger partial charge in [0.15, 0.2) is 0 Å². The number of hydrogen-bond acceptors (Lipinski definition) is 3. The number of unbranched alkanes of at least 4 members (excludes halogenated alkanes) is 1. The van der Waals surface area contributed by atoms with Crippen LogP contribution in [0.15, 0.2) is 18.2 Å². The highest BCUT2D eigenvalue weighted by Crippen LogP contribution is 2.35. The number of hydrogen-bond donors (Lipinski definition) is 2. The molecule has 3 N–H and O–H groups in total. The second kappa shape index (κ2) is 5.77. The Morgan fingerprint density at radius 2 is 2.32 bits per heavy atom. The molecule has 0 radical (unpaired) electrons. The van der Waals surface area contributed by atoms with Crippen molar-refractivity contribution in [1.29, 1.82) is 0 Å². The molecule has 0 aliphatic heterocycles. The predicted octanol–water partition coefficient (Wildman–Crippen LogP) is 2.94. The molecular weight excluding hydrogens is 256 g/mol. The quantitative estimate of drug-likeness (QED) is 0.664. The molecule has 0 aliphatic rings. The maximum absolute atomic E-state index is 12.1. The Morgan fingerprint density at radius 1 is 1.53 bits per heavy atom. The van der Waals surface area contributed by atoms with Crippen LogP contribution in [0, 0.1) is 19.3 Å². The van der Waals surface area contributed by atoms with E-state index in [4.69, 9.17) is 12.2 Å². The van der Waals surface area contributed by atoms with E-state index in [2.05, 4.69) is 11.2 Å². The van der Waals surface area contributed by atoms with E-state index in [1.54, 1.807) is 0 Å². The third-order valence-corrected chi connectivity index (χ3v) is 4.30. The number of thiophene rings is 1. The average molecular weight is 272 g/mol. The maximum Gasteiger partial charge on any atom is 0.263 e. The maximum atomic E-state index is 12.1. The van der Waals surface area contributed by atoms with E-state index in [0.717, 1.165) is 22.1 Å². The fraction of sp³-hybridized carbons (Fsp3) is 0.267. The number of terminal acetylenes is 1. The van der Waals surface area contributed by atoms with Gasteiger partial charge in [-0.2, -0.15) is 0 Å². The van der Waals surface area contributed by atoms with E-state index in [1.165, 1.54) is 11.3 Å². The summed E-state index contributed by atoms with van der Waals surface area (Å²) in [5, 5.41) is 3.81. The van der Waals surface area contributed by atoms with E-state index in [1.807, 2.05) is 25.1 Å². The van der Waals surface area contributed by atoms with Gasteiger partial charge in [0.05, 0.1) is 5.69 Å². The first-order chi connectivity index (χ1) is 9.15. The lowest BCUT2D eigenvalue weighted by molar-refractivity contribution is 0.0958. The number of rotatable bonds is 4. The van der Waals surface area contributed by atoms with E-state index in [-0.39, 0.29) is 5.91 Å². The van der Waals surface area contributed by atoms with Crippen LogP contribution in [-0.4, -0.2) is 12.5 Å². The predicted molar refractivity (Wildman–Crippen MR) is 81.4 cm³/mol. The van der Waals surface area contributed by atoms with Crippen LogP contribution in [0.4, 0.5) is 5.69 Å². The molecule has 1 aromatic carbocycles. The summed E-state index contributed by atoms with van der Waals surface area (Å²) in [4.78, 5) is 12.7. The normalized spacial score (nSPS) is 10.3. The number of nitrogens with two attached hydrogens (primary N) is 1. The van der Waals surface area contributed by atoms with Gasteiger partial charge in [0.2, 0.25) is 0 Å². The van der Waals surface area contributed by atoms with Crippen LogP contribution in [-0.2, 0) is 0 Å². The van der Waals surface area contributed by atoms with E-state index in [0.29, 0.717) is 23.5 Å². The molecule has 3 nitrogen and oxygen atoms in total. The van der Waals surface area contributed by atoms with Crippen LogP contribution >= 0.6 is 11.3 Å². The number of amides is 1. The van der Waals surface area contributed by atoms with Gasteiger partial charge in [0.25, 0.3) is 5.91 Å². The first-order valence-corrected chi connectivity index (χ1v) is 6.96. The van der Waals surface area contributed by atoms with Gasteiger partial charge >= 0.3 is 0 Å². The zero-order valence-corrected chi connectivity index (χ0v) is 11.6. The van der Waals surface area contributed by atoms with Crippen LogP contribution in [0.5, 0.6) is 0 Å². The molecule has 1 amide bonds. The smallest absolute Gasteiger partial charge is 0.263 e. The number of anilines is 1. The van der Waals surface area contributed by atoms with Crippen molar-refractivity contribution in [3.63, 3.8) is 0 Å². The minimum Gasteiger partial charge on any atom is -0.397 e. The molecule has 0 unspecified atom stereocenters. The highest BCUT2D eigenvalue weighted by atomic mass is 32.1. The van der Waals surface area contributed by atoms with Crippen molar-refractivity contribution in [1.82, 2.24) is 5.32 Å². The standard InChI is InChI=1S/C15H16N2OS/c1-3-4-5-9-17-15(18)14-12(16)11-8-6-7-10(2)13(11)19-14/h1,6-8H,4-5,9,16H2,2H3,(H,17,18). The lowest BCUT2D eigenvalue weighted by Gasteiger charge is -2.02. The molecule has 0 bridgehead atoms. The number of nitrogen functional groups attached to an aromatic ring is 1. The van der Waals surface area contributed by atoms with Gasteiger partial charge in [-0.1, -0.05) is 18.2 Å². The Labute approximate surface area is 116 Å². The van der Waals surface area contributed by atoms with Gasteiger partial charge in [-0.15, -0.1) is 23.7 Å². The summed E-state index contributed by atoms with van der Waals surface area (Å²) in [6.45, 7) is 2.60. The number of carbonyl (C=O) groups excluding carboxylic acids is 1.